The molecule has 0 radical (unpaired) electrons. The summed E-state index contributed by atoms with van der Waals surface area (Å²) in [6, 6.07) is 0.0742. The molecule has 1 amide bonds. The average Bonchev–Trinajstić information content (AvgIpc) is 2.25. The highest BCUT2D eigenvalue weighted by Gasteiger charge is 2.40. The normalized spacial score (nSPS) is 27.3. The molecule has 4 nitrogen and oxygen atoms in total. The van der Waals surface area contributed by atoms with Crippen LogP contribution in [0.2, 0.25) is 0 Å². The molecule has 1 rings (SSSR count). The van der Waals surface area contributed by atoms with Crippen LogP contribution in [0.15, 0.2) is 12.2 Å². The van der Waals surface area contributed by atoms with Gasteiger partial charge in [0, 0.05) is 24.6 Å². The molecule has 0 aromatic heterocycles. The van der Waals surface area contributed by atoms with Gasteiger partial charge in [-0.2, -0.15) is 0 Å². The number of hydrogen-bond acceptors (Lipinski definition) is 3. The Morgan fingerprint density at radius 1 is 1.50 bits per heavy atom. The summed E-state index contributed by atoms with van der Waals surface area (Å²) in [7, 11) is 0. The molecule has 20 heavy (non-hydrogen) atoms. The minimum Gasteiger partial charge on any atom is -0.444 e. The monoisotopic (exact) mass is 283 g/mol. The van der Waals surface area contributed by atoms with Crippen LogP contribution in [-0.2, 0) is 4.74 Å². The Hall–Kier alpha value is -1.03. The molecular formula is C16H29NO3. The minimum absolute atomic E-state index is 0.0742. The Kier molecular flexibility index (Phi) is 5.25. The number of carbonyl (C=O) groups excluding carboxylic acids is 1. The molecular weight excluding hydrogens is 254 g/mol. The molecule has 2 atom stereocenters. The molecule has 0 aromatic rings. The molecule has 0 aliphatic carbocycles. The number of aliphatic hydroxyl groups excluding tert-OH is 1. The molecule has 1 aliphatic rings. The number of carbonyl (C=O) groups is 1. The van der Waals surface area contributed by atoms with E-state index < -0.39 is 5.60 Å². The van der Waals surface area contributed by atoms with Crippen molar-refractivity contribution < 1.29 is 14.6 Å². The van der Waals surface area contributed by atoms with E-state index in [1.165, 1.54) is 0 Å². The third kappa shape index (κ3) is 4.51. The highest BCUT2D eigenvalue weighted by atomic mass is 16.6. The van der Waals surface area contributed by atoms with Gasteiger partial charge in [0.25, 0.3) is 0 Å². The Balaban J connectivity index is 2.71. The Labute approximate surface area is 122 Å². The number of allylic oxidation sites excluding steroid dienone is 1. The van der Waals surface area contributed by atoms with E-state index in [1.54, 1.807) is 4.90 Å². The van der Waals surface area contributed by atoms with Crippen molar-refractivity contribution in [3.63, 3.8) is 0 Å². The lowest BCUT2D eigenvalue weighted by Gasteiger charge is -2.45. The lowest BCUT2D eigenvalue weighted by molar-refractivity contribution is -0.0178. The summed E-state index contributed by atoms with van der Waals surface area (Å²) in [5.41, 5.74) is 0.473. The first-order valence-corrected chi connectivity index (χ1v) is 7.33. The molecule has 0 bridgehead atoms. The summed E-state index contributed by atoms with van der Waals surface area (Å²) in [5.74, 6) is 0. The second-order valence-corrected chi connectivity index (χ2v) is 7.27. The van der Waals surface area contributed by atoms with Gasteiger partial charge in [-0.1, -0.05) is 5.57 Å². The molecule has 4 heteroatoms. The fourth-order valence-electron chi connectivity index (χ4n) is 3.01. The number of hydrogen-bond donors (Lipinski definition) is 1. The molecule has 0 unspecified atom stereocenters. The van der Waals surface area contributed by atoms with Crippen molar-refractivity contribution in [2.75, 3.05) is 13.2 Å². The molecule has 1 N–H and O–H groups in total. The number of amides is 1. The number of likely N-dealkylation sites (tertiary alicyclic amines) is 1. The Morgan fingerprint density at radius 2 is 2.10 bits per heavy atom. The first-order valence-electron chi connectivity index (χ1n) is 7.33. The van der Waals surface area contributed by atoms with Gasteiger partial charge in [-0.05, 0) is 53.9 Å². The maximum Gasteiger partial charge on any atom is 0.410 e. The van der Waals surface area contributed by atoms with Crippen LogP contribution in [0.4, 0.5) is 4.79 Å². The van der Waals surface area contributed by atoms with E-state index in [4.69, 9.17) is 4.74 Å². The number of ether oxygens (including phenoxy) is 1. The predicted octanol–water partition coefficient (Wildman–Crippen LogP) is 3.35. The first kappa shape index (κ1) is 17.0. The van der Waals surface area contributed by atoms with E-state index in [0.717, 1.165) is 24.8 Å². The van der Waals surface area contributed by atoms with Gasteiger partial charge in [0.15, 0.2) is 0 Å². The van der Waals surface area contributed by atoms with Gasteiger partial charge in [-0.3, -0.25) is 0 Å². The lowest BCUT2D eigenvalue weighted by Crippen LogP contribution is -2.51. The molecule has 0 spiro atoms. The molecule has 0 aromatic carbocycles. The van der Waals surface area contributed by atoms with Gasteiger partial charge in [-0.25, -0.2) is 4.79 Å². The van der Waals surface area contributed by atoms with Crippen LogP contribution in [-0.4, -0.2) is 40.9 Å². The van der Waals surface area contributed by atoms with Crippen molar-refractivity contribution in [3.8, 4) is 0 Å². The molecule has 0 saturated carbocycles. The van der Waals surface area contributed by atoms with E-state index in [1.807, 2.05) is 34.6 Å². The van der Waals surface area contributed by atoms with E-state index in [2.05, 4.69) is 6.58 Å². The standard InChI is InChI=1S/C16H29NO3/c1-12(2)9-16(11-18)7-8-17(13(3)10-16)14(19)20-15(4,5)6/h13,18H,1,7-11H2,2-6H3/t13-,16+/m1/s1. The largest absolute Gasteiger partial charge is 0.444 e. The Morgan fingerprint density at radius 3 is 2.50 bits per heavy atom. The Bertz CT molecular complexity index is 372. The summed E-state index contributed by atoms with van der Waals surface area (Å²) >= 11 is 0. The van der Waals surface area contributed by atoms with Gasteiger partial charge < -0.3 is 14.7 Å². The van der Waals surface area contributed by atoms with Gasteiger partial charge in [0.1, 0.15) is 5.60 Å². The lowest BCUT2D eigenvalue weighted by atomic mass is 9.72. The summed E-state index contributed by atoms with van der Waals surface area (Å²) in [4.78, 5) is 13.9. The second kappa shape index (κ2) is 6.17. The first-order chi connectivity index (χ1) is 9.08. The highest BCUT2D eigenvalue weighted by molar-refractivity contribution is 5.68. The predicted molar refractivity (Wildman–Crippen MR) is 80.6 cm³/mol. The van der Waals surface area contributed by atoms with E-state index >= 15 is 0 Å². The van der Waals surface area contributed by atoms with Crippen LogP contribution in [0, 0.1) is 5.41 Å². The molecule has 1 saturated heterocycles. The van der Waals surface area contributed by atoms with Crippen LogP contribution in [0.3, 0.4) is 0 Å². The van der Waals surface area contributed by atoms with Crippen molar-refractivity contribution in [3.05, 3.63) is 12.2 Å². The molecule has 1 heterocycles. The van der Waals surface area contributed by atoms with Gasteiger partial charge in [-0.15, -0.1) is 6.58 Å². The SMILES string of the molecule is C=C(C)C[C@@]1(CO)CCN(C(=O)OC(C)(C)C)[C@H](C)C1. The van der Waals surface area contributed by atoms with Crippen molar-refractivity contribution in [2.45, 2.75) is 65.5 Å². The van der Waals surface area contributed by atoms with Crippen molar-refractivity contribution in [2.24, 2.45) is 5.41 Å². The van der Waals surface area contributed by atoms with E-state index in [-0.39, 0.29) is 24.2 Å². The zero-order valence-electron chi connectivity index (χ0n) is 13.5. The zero-order chi connectivity index (χ0) is 15.6. The number of aliphatic hydroxyl groups is 1. The van der Waals surface area contributed by atoms with Crippen LogP contribution < -0.4 is 0 Å². The summed E-state index contributed by atoms with van der Waals surface area (Å²) in [6.45, 7) is 14.4. The van der Waals surface area contributed by atoms with Gasteiger partial charge in [0.2, 0.25) is 0 Å². The van der Waals surface area contributed by atoms with Gasteiger partial charge >= 0.3 is 6.09 Å². The van der Waals surface area contributed by atoms with Crippen LogP contribution >= 0.6 is 0 Å². The van der Waals surface area contributed by atoms with Crippen molar-refractivity contribution in [1.82, 2.24) is 4.90 Å². The number of piperidine rings is 1. The molecule has 1 aliphatic heterocycles. The fraction of sp³-hybridized carbons (Fsp3) is 0.812. The summed E-state index contributed by atoms with van der Waals surface area (Å²) in [6.07, 6.45) is 2.14. The van der Waals surface area contributed by atoms with Crippen molar-refractivity contribution >= 4 is 6.09 Å². The van der Waals surface area contributed by atoms with Crippen LogP contribution in [0.1, 0.15) is 53.9 Å². The topological polar surface area (TPSA) is 49.8 Å². The van der Waals surface area contributed by atoms with Gasteiger partial charge in [0.05, 0.1) is 0 Å². The third-order valence-corrected chi connectivity index (χ3v) is 3.78. The average molecular weight is 283 g/mol. The van der Waals surface area contributed by atoms with E-state index in [0.29, 0.717) is 6.54 Å². The van der Waals surface area contributed by atoms with Crippen LogP contribution in [0.25, 0.3) is 0 Å². The van der Waals surface area contributed by atoms with Crippen LogP contribution in [0.5, 0.6) is 0 Å². The maximum absolute atomic E-state index is 12.2. The molecule has 1 fully saturated rings. The number of nitrogens with zero attached hydrogens (tertiary/aromatic N) is 1. The smallest absolute Gasteiger partial charge is 0.410 e. The minimum atomic E-state index is -0.472. The second-order valence-electron chi connectivity index (χ2n) is 7.27. The van der Waals surface area contributed by atoms with E-state index in [9.17, 15) is 9.90 Å². The third-order valence-electron chi connectivity index (χ3n) is 3.78. The summed E-state index contributed by atoms with van der Waals surface area (Å²) < 4.78 is 5.44. The maximum atomic E-state index is 12.2. The zero-order valence-corrected chi connectivity index (χ0v) is 13.5. The summed E-state index contributed by atoms with van der Waals surface area (Å²) in [5, 5.41) is 9.74. The molecule has 116 valence electrons. The fourth-order valence-corrected chi connectivity index (χ4v) is 3.01. The number of rotatable bonds is 3. The quantitative estimate of drug-likeness (QED) is 0.808. The van der Waals surface area contributed by atoms with Crippen molar-refractivity contribution in [1.29, 1.82) is 0 Å². The highest BCUT2D eigenvalue weighted by Crippen LogP contribution is 2.39.